The van der Waals surface area contributed by atoms with Crippen LogP contribution >= 0.6 is 0 Å². The topological polar surface area (TPSA) is 91.0 Å². The number of amides is 1. The van der Waals surface area contributed by atoms with Crippen LogP contribution in [0.4, 0.5) is 9.18 Å². The summed E-state index contributed by atoms with van der Waals surface area (Å²) in [4.78, 5) is 27.1. The third-order valence-electron chi connectivity index (χ3n) is 5.15. The van der Waals surface area contributed by atoms with Crippen molar-refractivity contribution in [2.45, 2.75) is 39.7 Å². The number of hydrogen-bond acceptors (Lipinski definition) is 5. The van der Waals surface area contributed by atoms with Gasteiger partial charge in [0.2, 0.25) is 0 Å². The summed E-state index contributed by atoms with van der Waals surface area (Å²) in [6, 6.07) is 9.75. The number of aromatic nitrogens is 4. The molecule has 34 heavy (non-hydrogen) atoms. The lowest BCUT2D eigenvalue weighted by Gasteiger charge is -2.19. The molecule has 1 amide bonds. The smallest absolute Gasteiger partial charge is 0.419 e. The number of halogens is 1. The van der Waals surface area contributed by atoms with E-state index in [0.29, 0.717) is 29.7 Å². The van der Waals surface area contributed by atoms with Crippen LogP contribution < -0.4 is 5.32 Å². The van der Waals surface area contributed by atoms with Gasteiger partial charge in [-0.1, -0.05) is 11.6 Å². The van der Waals surface area contributed by atoms with Gasteiger partial charge in [0, 0.05) is 18.1 Å². The van der Waals surface area contributed by atoms with E-state index in [2.05, 4.69) is 15.5 Å². The van der Waals surface area contributed by atoms with E-state index in [1.165, 1.54) is 21.5 Å². The van der Waals surface area contributed by atoms with Crippen LogP contribution in [0.1, 0.15) is 42.3 Å². The summed E-state index contributed by atoms with van der Waals surface area (Å²) >= 11 is 0. The molecular formula is C25H26FN5O3. The van der Waals surface area contributed by atoms with E-state index in [1.54, 1.807) is 57.6 Å². The summed E-state index contributed by atoms with van der Waals surface area (Å²) in [5.74, 6) is -0.715. The van der Waals surface area contributed by atoms with Crippen molar-refractivity contribution in [3.05, 3.63) is 77.5 Å². The van der Waals surface area contributed by atoms with E-state index in [0.717, 1.165) is 16.5 Å². The third kappa shape index (κ3) is 4.98. The van der Waals surface area contributed by atoms with Crippen molar-refractivity contribution in [2.75, 3.05) is 6.54 Å². The van der Waals surface area contributed by atoms with Crippen molar-refractivity contribution in [3.8, 4) is 5.69 Å². The van der Waals surface area contributed by atoms with Crippen LogP contribution in [0.3, 0.4) is 0 Å². The number of aryl methyl sites for hydroxylation is 1. The molecule has 2 heterocycles. The third-order valence-corrected chi connectivity index (χ3v) is 5.15. The zero-order valence-corrected chi connectivity index (χ0v) is 19.5. The summed E-state index contributed by atoms with van der Waals surface area (Å²) in [6.45, 7) is 7.52. The molecule has 0 aliphatic rings. The summed E-state index contributed by atoms with van der Waals surface area (Å²) in [6.07, 6.45) is 4.57. The number of carbonyl (C=O) groups excluding carboxylic acids is 2. The Bertz CT molecular complexity index is 1350. The molecule has 9 heteroatoms. The highest BCUT2D eigenvalue weighted by Crippen LogP contribution is 2.24. The Balaban J connectivity index is 1.54. The molecule has 0 atom stereocenters. The van der Waals surface area contributed by atoms with Crippen molar-refractivity contribution in [3.63, 3.8) is 0 Å². The molecule has 0 fully saturated rings. The number of nitrogens with one attached hydrogen (secondary N) is 1. The van der Waals surface area contributed by atoms with Gasteiger partial charge in [0.25, 0.3) is 5.91 Å². The average molecular weight is 464 g/mol. The van der Waals surface area contributed by atoms with Gasteiger partial charge in [-0.25, -0.2) is 9.18 Å². The molecule has 0 radical (unpaired) electrons. The number of carbonyl (C=O) groups is 2. The van der Waals surface area contributed by atoms with Crippen LogP contribution in [0.2, 0.25) is 0 Å². The minimum Gasteiger partial charge on any atom is -0.443 e. The van der Waals surface area contributed by atoms with E-state index < -0.39 is 17.5 Å². The average Bonchev–Trinajstić information content (AvgIpc) is 3.41. The minimum absolute atomic E-state index is 0.266. The maximum atomic E-state index is 13.9. The van der Waals surface area contributed by atoms with Gasteiger partial charge in [0.15, 0.2) is 0 Å². The van der Waals surface area contributed by atoms with Gasteiger partial charge in [-0.2, -0.15) is 15.0 Å². The molecule has 176 valence electrons. The second-order valence-corrected chi connectivity index (χ2v) is 9.01. The molecule has 0 saturated heterocycles. The fraction of sp³-hybridized carbons (Fsp3) is 0.280. The van der Waals surface area contributed by atoms with Gasteiger partial charge in [-0.15, -0.1) is 0 Å². The predicted molar refractivity (Wildman–Crippen MR) is 126 cm³/mol. The molecule has 0 aliphatic heterocycles. The van der Waals surface area contributed by atoms with Gasteiger partial charge < -0.3 is 10.1 Å². The first-order chi connectivity index (χ1) is 16.1. The molecule has 2 aromatic heterocycles. The van der Waals surface area contributed by atoms with Gasteiger partial charge in [0.1, 0.15) is 11.4 Å². The fourth-order valence-corrected chi connectivity index (χ4v) is 3.68. The molecular weight excluding hydrogens is 437 g/mol. The lowest BCUT2D eigenvalue weighted by Crippen LogP contribution is -2.27. The van der Waals surface area contributed by atoms with Crippen LogP contribution in [0.15, 0.2) is 55.0 Å². The molecule has 0 spiro atoms. The second kappa shape index (κ2) is 9.09. The number of nitrogens with zero attached hydrogens (tertiary/aromatic N) is 4. The molecule has 0 bridgehead atoms. The quantitative estimate of drug-likeness (QED) is 0.473. The minimum atomic E-state index is -0.690. The van der Waals surface area contributed by atoms with E-state index in [-0.39, 0.29) is 5.91 Å². The maximum absolute atomic E-state index is 13.9. The molecule has 4 rings (SSSR count). The Morgan fingerprint density at radius 1 is 1.09 bits per heavy atom. The Morgan fingerprint density at radius 2 is 1.82 bits per heavy atom. The molecule has 0 aliphatic carbocycles. The Kier molecular flexibility index (Phi) is 6.19. The molecule has 0 saturated carbocycles. The predicted octanol–water partition coefficient (Wildman–Crippen LogP) is 4.43. The first-order valence-electron chi connectivity index (χ1n) is 10.9. The molecule has 2 aromatic carbocycles. The Labute approximate surface area is 196 Å². The number of fused-ring (bicyclic) bond motifs is 1. The lowest BCUT2D eigenvalue weighted by molar-refractivity contribution is 0.0544. The highest BCUT2D eigenvalue weighted by molar-refractivity contribution is 5.98. The normalized spacial score (nSPS) is 11.6. The number of ether oxygens (including phenoxy) is 1. The van der Waals surface area contributed by atoms with Gasteiger partial charge in [-0.05, 0) is 70.0 Å². The zero-order valence-electron chi connectivity index (χ0n) is 19.5. The second-order valence-electron chi connectivity index (χ2n) is 9.01. The van der Waals surface area contributed by atoms with Crippen molar-refractivity contribution in [1.29, 1.82) is 0 Å². The van der Waals surface area contributed by atoms with Gasteiger partial charge >= 0.3 is 6.09 Å². The van der Waals surface area contributed by atoms with E-state index in [9.17, 15) is 14.0 Å². The summed E-state index contributed by atoms with van der Waals surface area (Å²) in [5, 5.41) is 11.9. The standard InChI is InChI=1S/C25H26FN5O3/c1-16-5-8-21(31-28-11-12-29-31)20(13-16)23(32)27-10-9-17-15-30(24(33)34-25(2,3)4)22-14-18(26)6-7-19(17)22/h5-8,11-15H,9-10H2,1-4H3,(H,27,32). The number of benzene rings is 2. The lowest BCUT2D eigenvalue weighted by atomic mass is 10.1. The van der Waals surface area contributed by atoms with Crippen molar-refractivity contribution < 1.29 is 18.7 Å². The highest BCUT2D eigenvalue weighted by Gasteiger charge is 2.21. The Hall–Kier alpha value is -4.01. The Morgan fingerprint density at radius 3 is 2.53 bits per heavy atom. The summed E-state index contributed by atoms with van der Waals surface area (Å²) in [5.41, 5.74) is 2.48. The van der Waals surface area contributed by atoms with Gasteiger partial charge in [-0.3, -0.25) is 9.36 Å². The zero-order chi connectivity index (χ0) is 24.5. The van der Waals surface area contributed by atoms with Crippen molar-refractivity contribution in [2.24, 2.45) is 0 Å². The van der Waals surface area contributed by atoms with Crippen LogP contribution in [0.5, 0.6) is 0 Å². The molecule has 4 aromatic rings. The maximum Gasteiger partial charge on any atom is 0.419 e. The summed E-state index contributed by atoms with van der Waals surface area (Å²) in [7, 11) is 0. The monoisotopic (exact) mass is 463 g/mol. The van der Waals surface area contributed by atoms with Gasteiger partial charge in [0.05, 0.1) is 29.2 Å². The highest BCUT2D eigenvalue weighted by atomic mass is 19.1. The van der Waals surface area contributed by atoms with Crippen LogP contribution in [-0.2, 0) is 11.2 Å². The molecule has 1 N–H and O–H groups in total. The molecule has 0 unspecified atom stereocenters. The number of rotatable bonds is 5. The SMILES string of the molecule is Cc1ccc(-n2nccn2)c(C(=O)NCCc2cn(C(=O)OC(C)(C)C)c3cc(F)ccc23)c1. The van der Waals surface area contributed by atoms with Crippen LogP contribution in [0, 0.1) is 12.7 Å². The fourth-order valence-electron chi connectivity index (χ4n) is 3.68. The summed E-state index contributed by atoms with van der Waals surface area (Å²) < 4.78 is 20.7. The number of hydrogen-bond donors (Lipinski definition) is 1. The van der Waals surface area contributed by atoms with E-state index in [4.69, 9.17) is 4.74 Å². The van der Waals surface area contributed by atoms with E-state index in [1.807, 2.05) is 13.0 Å². The van der Waals surface area contributed by atoms with Crippen LogP contribution in [0.25, 0.3) is 16.6 Å². The molecule has 8 nitrogen and oxygen atoms in total. The van der Waals surface area contributed by atoms with E-state index >= 15 is 0 Å². The first kappa shape index (κ1) is 23.2. The first-order valence-corrected chi connectivity index (χ1v) is 10.9. The largest absolute Gasteiger partial charge is 0.443 e. The van der Waals surface area contributed by atoms with Crippen molar-refractivity contribution in [1.82, 2.24) is 24.9 Å². The van der Waals surface area contributed by atoms with Crippen LogP contribution in [-0.4, -0.2) is 43.7 Å². The van der Waals surface area contributed by atoms with Crippen molar-refractivity contribution >= 4 is 22.9 Å².